The molecule has 0 aliphatic heterocycles. The maximum absolute atomic E-state index is 11.2. The Balaban J connectivity index is 2.87. The maximum Gasteiger partial charge on any atom is 0.266 e. The number of aryl methyl sites for hydroxylation is 1. The molecule has 5 heteroatoms. The molecule has 0 bridgehead atoms. The first kappa shape index (κ1) is 10.4. The minimum Gasteiger partial charge on any atom is -0.390 e. The number of nitrogens with zero attached hydrogens (tertiary/aromatic N) is 2. The molecule has 1 aromatic rings. The molecule has 1 rings (SSSR count). The molecule has 1 aromatic heterocycles. The summed E-state index contributed by atoms with van der Waals surface area (Å²) in [5.41, 5.74) is 0.576. The summed E-state index contributed by atoms with van der Waals surface area (Å²) in [6.45, 7) is 2.03. The average Bonchev–Trinajstić information content (AvgIpc) is 2.11. The zero-order valence-corrected chi connectivity index (χ0v) is 8.86. The molecule has 1 atom stereocenters. The van der Waals surface area contributed by atoms with Gasteiger partial charge in [-0.3, -0.25) is 4.79 Å². The predicted octanol–water partition coefficient (Wildman–Crippen LogP) is 0.308. The molecule has 4 nitrogen and oxygen atoms in total. The second-order valence-corrected chi connectivity index (χ2v) is 3.45. The van der Waals surface area contributed by atoms with Crippen LogP contribution in [0.5, 0.6) is 0 Å². The summed E-state index contributed by atoms with van der Waals surface area (Å²) in [5.74, 6) is 0. The fourth-order valence-corrected chi connectivity index (χ4v) is 1.13. The van der Waals surface area contributed by atoms with E-state index in [0.717, 1.165) is 5.69 Å². The molecule has 0 saturated heterocycles. The molecule has 0 aliphatic rings. The first-order valence-corrected chi connectivity index (χ1v) is 5.04. The third kappa shape index (κ3) is 2.93. The van der Waals surface area contributed by atoms with Crippen molar-refractivity contribution < 1.29 is 5.11 Å². The van der Waals surface area contributed by atoms with E-state index in [4.69, 9.17) is 0 Å². The molecule has 0 saturated carbocycles. The van der Waals surface area contributed by atoms with Crippen LogP contribution in [0.4, 0.5) is 0 Å². The summed E-state index contributed by atoms with van der Waals surface area (Å²) < 4.78 is 1.27. The molecule has 0 spiro atoms. The lowest BCUT2D eigenvalue weighted by atomic mass is 10.4. The molecule has 0 fully saturated rings. The molecule has 1 N–H and O–H groups in total. The van der Waals surface area contributed by atoms with Gasteiger partial charge in [-0.2, -0.15) is 5.10 Å². The molecule has 0 amide bonds. The fraction of sp³-hybridized carbons (Fsp3) is 0.500. The highest BCUT2D eigenvalue weighted by atomic mass is 79.9. The van der Waals surface area contributed by atoms with Crippen molar-refractivity contribution in [1.29, 1.82) is 0 Å². The van der Waals surface area contributed by atoms with Gasteiger partial charge >= 0.3 is 0 Å². The Bertz CT molecular complexity index is 337. The Morgan fingerprint density at radius 3 is 3.00 bits per heavy atom. The number of halogens is 1. The molecule has 1 heterocycles. The van der Waals surface area contributed by atoms with E-state index in [9.17, 15) is 9.90 Å². The second-order valence-electron chi connectivity index (χ2n) is 2.80. The van der Waals surface area contributed by atoms with Crippen molar-refractivity contribution in [3.8, 4) is 0 Å². The smallest absolute Gasteiger partial charge is 0.266 e. The number of aliphatic hydroxyl groups excluding tert-OH is 1. The molecular formula is C8H11BrN2O2. The highest BCUT2D eigenvalue weighted by Gasteiger charge is 2.05. The van der Waals surface area contributed by atoms with E-state index in [1.807, 2.05) is 0 Å². The van der Waals surface area contributed by atoms with Crippen molar-refractivity contribution in [3.63, 3.8) is 0 Å². The van der Waals surface area contributed by atoms with Gasteiger partial charge in [-0.05, 0) is 13.0 Å². The number of aliphatic hydroxyl groups is 1. The van der Waals surface area contributed by atoms with Crippen LogP contribution in [0.3, 0.4) is 0 Å². The number of aromatic nitrogens is 2. The van der Waals surface area contributed by atoms with E-state index in [1.54, 1.807) is 13.0 Å². The van der Waals surface area contributed by atoms with Crippen molar-refractivity contribution in [3.05, 3.63) is 28.2 Å². The molecule has 13 heavy (non-hydrogen) atoms. The number of hydrogen-bond donors (Lipinski definition) is 1. The van der Waals surface area contributed by atoms with Crippen molar-refractivity contribution in [1.82, 2.24) is 9.78 Å². The van der Waals surface area contributed by atoms with Crippen LogP contribution >= 0.6 is 15.9 Å². The number of rotatable bonds is 3. The largest absolute Gasteiger partial charge is 0.390 e. The van der Waals surface area contributed by atoms with Crippen molar-refractivity contribution in [2.24, 2.45) is 0 Å². The Kier molecular flexibility index (Phi) is 3.62. The minimum absolute atomic E-state index is 0.189. The van der Waals surface area contributed by atoms with Crippen LogP contribution in [0.2, 0.25) is 0 Å². The van der Waals surface area contributed by atoms with E-state index in [-0.39, 0.29) is 12.1 Å². The van der Waals surface area contributed by atoms with Gasteiger partial charge in [0.05, 0.1) is 18.3 Å². The fourth-order valence-electron chi connectivity index (χ4n) is 0.930. The van der Waals surface area contributed by atoms with Gasteiger partial charge in [0.15, 0.2) is 0 Å². The van der Waals surface area contributed by atoms with Crippen LogP contribution < -0.4 is 5.56 Å². The first-order chi connectivity index (χ1) is 6.13. The van der Waals surface area contributed by atoms with Crippen LogP contribution in [0, 0.1) is 6.92 Å². The molecular weight excluding hydrogens is 236 g/mol. The molecule has 0 aromatic carbocycles. The third-order valence-corrected chi connectivity index (χ3v) is 2.31. The number of alkyl halides is 1. The van der Waals surface area contributed by atoms with Crippen LogP contribution in [-0.4, -0.2) is 26.3 Å². The highest BCUT2D eigenvalue weighted by Crippen LogP contribution is 1.93. The maximum atomic E-state index is 11.2. The Labute approximate surface area is 84.3 Å². The lowest BCUT2D eigenvalue weighted by molar-refractivity contribution is 0.171. The van der Waals surface area contributed by atoms with E-state index in [0.29, 0.717) is 5.33 Å². The van der Waals surface area contributed by atoms with Gasteiger partial charge in [-0.1, -0.05) is 15.9 Å². The predicted molar refractivity (Wildman–Crippen MR) is 53.0 cm³/mol. The topological polar surface area (TPSA) is 55.1 Å². The summed E-state index contributed by atoms with van der Waals surface area (Å²) in [5, 5.41) is 13.7. The molecule has 72 valence electrons. The van der Waals surface area contributed by atoms with E-state index in [2.05, 4.69) is 21.0 Å². The minimum atomic E-state index is -0.577. The molecule has 0 aliphatic carbocycles. The van der Waals surface area contributed by atoms with Crippen molar-refractivity contribution in [2.75, 3.05) is 5.33 Å². The van der Waals surface area contributed by atoms with Crippen LogP contribution in [-0.2, 0) is 6.54 Å². The van der Waals surface area contributed by atoms with Gasteiger partial charge in [0.25, 0.3) is 5.56 Å². The van der Waals surface area contributed by atoms with Gasteiger partial charge in [0, 0.05) is 11.4 Å². The van der Waals surface area contributed by atoms with Gasteiger partial charge in [-0.15, -0.1) is 0 Å². The monoisotopic (exact) mass is 246 g/mol. The summed E-state index contributed by atoms with van der Waals surface area (Å²) in [4.78, 5) is 11.2. The summed E-state index contributed by atoms with van der Waals surface area (Å²) in [6.07, 6.45) is -0.577. The zero-order chi connectivity index (χ0) is 9.84. The standard InChI is InChI=1S/C8H11BrN2O2/c1-6-2-3-8(13)11(10-6)5-7(12)4-9/h2-3,7,12H,4-5H2,1H3. The van der Waals surface area contributed by atoms with Gasteiger partial charge in [0.2, 0.25) is 0 Å². The van der Waals surface area contributed by atoms with Gasteiger partial charge in [0.1, 0.15) is 0 Å². The average molecular weight is 247 g/mol. The summed E-state index contributed by atoms with van der Waals surface area (Å²) >= 11 is 3.12. The van der Waals surface area contributed by atoms with Crippen molar-refractivity contribution in [2.45, 2.75) is 19.6 Å². The van der Waals surface area contributed by atoms with Crippen LogP contribution in [0.25, 0.3) is 0 Å². The van der Waals surface area contributed by atoms with E-state index in [1.165, 1.54) is 10.7 Å². The van der Waals surface area contributed by atoms with Crippen LogP contribution in [0.15, 0.2) is 16.9 Å². The normalized spacial score (nSPS) is 12.8. The third-order valence-electron chi connectivity index (χ3n) is 1.56. The van der Waals surface area contributed by atoms with Crippen molar-refractivity contribution >= 4 is 15.9 Å². The van der Waals surface area contributed by atoms with E-state index >= 15 is 0 Å². The van der Waals surface area contributed by atoms with Gasteiger partial charge < -0.3 is 5.11 Å². The Morgan fingerprint density at radius 1 is 1.69 bits per heavy atom. The molecule has 1 unspecified atom stereocenters. The second kappa shape index (κ2) is 4.53. The summed E-state index contributed by atoms with van der Waals surface area (Å²) in [6, 6.07) is 3.10. The molecule has 0 radical (unpaired) electrons. The number of hydrogen-bond acceptors (Lipinski definition) is 3. The highest BCUT2D eigenvalue weighted by molar-refractivity contribution is 9.09. The Hall–Kier alpha value is -0.680. The first-order valence-electron chi connectivity index (χ1n) is 3.92. The van der Waals surface area contributed by atoms with Gasteiger partial charge in [-0.25, -0.2) is 4.68 Å². The van der Waals surface area contributed by atoms with E-state index < -0.39 is 6.10 Å². The lowest BCUT2D eigenvalue weighted by Gasteiger charge is -2.08. The zero-order valence-electron chi connectivity index (χ0n) is 7.27. The van der Waals surface area contributed by atoms with Crippen LogP contribution in [0.1, 0.15) is 5.69 Å². The Morgan fingerprint density at radius 2 is 2.38 bits per heavy atom. The SMILES string of the molecule is Cc1ccc(=O)n(CC(O)CBr)n1. The quantitative estimate of drug-likeness (QED) is 0.782. The summed E-state index contributed by atoms with van der Waals surface area (Å²) in [7, 11) is 0. The lowest BCUT2D eigenvalue weighted by Crippen LogP contribution is -2.29.